The van der Waals surface area contributed by atoms with E-state index in [0.717, 1.165) is 12.8 Å². The number of nitrogens with two attached hydrogens (primary N) is 1. The van der Waals surface area contributed by atoms with Gasteiger partial charge in [0.15, 0.2) is 0 Å². The third kappa shape index (κ3) is 6.47. The van der Waals surface area contributed by atoms with Crippen LogP contribution >= 0.6 is 0 Å². The Balaban J connectivity index is 4.03. The summed E-state index contributed by atoms with van der Waals surface area (Å²) in [5.74, 6) is 2.90. The molecular weight excluding hydrogens is 200 g/mol. The van der Waals surface area contributed by atoms with Gasteiger partial charge in [0.05, 0.1) is 6.54 Å². The maximum absolute atomic E-state index is 11.4. The van der Waals surface area contributed by atoms with E-state index in [4.69, 9.17) is 12.2 Å². The van der Waals surface area contributed by atoms with Crippen LogP contribution in [0.15, 0.2) is 0 Å². The zero-order chi connectivity index (χ0) is 12.6. The second kappa shape index (κ2) is 7.29. The van der Waals surface area contributed by atoms with Crippen molar-refractivity contribution in [2.45, 2.75) is 40.0 Å². The fourth-order valence-corrected chi connectivity index (χ4v) is 1.75. The first-order chi connectivity index (χ1) is 7.41. The fraction of sp³-hybridized carbons (Fsp3) is 0.769. The van der Waals surface area contributed by atoms with Crippen molar-refractivity contribution in [1.82, 2.24) is 5.32 Å². The molecule has 1 atom stereocenters. The Hall–Kier alpha value is -1.01. The number of amides is 1. The molecule has 3 heteroatoms. The van der Waals surface area contributed by atoms with Gasteiger partial charge < -0.3 is 11.1 Å². The summed E-state index contributed by atoms with van der Waals surface area (Å²) >= 11 is 0. The Labute approximate surface area is 99.2 Å². The normalized spacial score (nSPS) is 12.9. The zero-order valence-electron chi connectivity index (χ0n) is 10.7. The molecule has 0 aliphatic carbocycles. The predicted molar refractivity (Wildman–Crippen MR) is 67.7 cm³/mol. The van der Waals surface area contributed by atoms with Gasteiger partial charge in [0.2, 0.25) is 5.91 Å². The SMILES string of the molecule is C#CCNC(=O)CCC(CCN)C(C)(C)C. The van der Waals surface area contributed by atoms with Gasteiger partial charge in [0.1, 0.15) is 0 Å². The third-order valence-corrected chi connectivity index (χ3v) is 2.85. The minimum Gasteiger partial charge on any atom is -0.345 e. The van der Waals surface area contributed by atoms with Crippen LogP contribution in [0.3, 0.4) is 0 Å². The number of terminal acetylenes is 1. The van der Waals surface area contributed by atoms with E-state index in [1.54, 1.807) is 0 Å². The molecule has 0 aliphatic rings. The first kappa shape index (κ1) is 15.0. The summed E-state index contributed by atoms with van der Waals surface area (Å²) in [6.07, 6.45) is 7.44. The van der Waals surface area contributed by atoms with Crippen molar-refractivity contribution in [3.05, 3.63) is 0 Å². The van der Waals surface area contributed by atoms with Crippen LogP contribution in [0, 0.1) is 23.7 Å². The third-order valence-electron chi connectivity index (χ3n) is 2.85. The quantitative estimate of drug-likeness (QED) is 0.672. The summed E-state index contributed by atoms with van der Waals surface area (Å²) in [4.78, 5) is 11.4. The highest BCUT2D eigenvalue weighted by atomic mass is 16.1. The Bertz CT molecular complexity index is 248. The molecule has 0 fully saturated rings. The minimum atomic E-state index is 0.0317. The molecule has 16 heavy (non-hydrogen) atoms. The molecule has 0 heterocycles. The largest absolute Gasteiger partial charge is 0.345 e. The lowest BCUT2D eigenvalue weighted by Gasteiger charge is -2.30. The summed E-state index contributed by atoms with van der Waals surface area (Å²) < 4.78 is 0. The summed E-state index contributed by atoms with van der Waals surface area (Å²) in [5, 5.41) is 2.67. The number of hydrogen-bond donors (Lipinski definition) is 2. The van der Waals surface area contributed by atoms with Gasteiger partial charge in [-0.05, 0) is 30.7 Å². The summed E-state index contributed by atoms with van der Waals surface area (Å²) in [6.45, 7) is 7.55. The molecule has 0 spiro atoms. The summed E-state index contributed by atoms with van der Waals surface area (Å²) in [6, 6.07) is 0. The average molecular weight is 224 g/mol. The molecule has 3 N–H and O–H groups in total. The van der Waals surface area contributed by atoms with E-state index < -0.39 is 0 Å². The highest BCUT2D eigenvalue weighted by molar-refractivity contribution is 5.76. The van der Waals surface area contributed by atoms with Crippen LogP contribution in [0.5, 0.6) is 0 Å². The number of carbonyl (C=O) groups excluding carboxylic acids is 1. The highest BCUT2D eigenvalue weighted by Crippen LogP contribution is 2.31. The van der Waals surface area contributed by atoms with Crippen LogP contribution in [0.25, 0.3) is 0 Å². The molecule has 0 saturated carbocycles. The predicted octanol–water partition coefficient (Wildman–Crippen LogP) is 1.53. The lowest BCUT2D eigenvalue weighted by Crippen LogP contribution is -2.28. The van der Waals surface area contributed by atoms with E-state index in [1.165, 1.54) is 0 Å². The standard InChI is InChI=1S/C13H24N2O/c1-5-10-15-12(16)7-6-11(8-9-14)13(2,3)4/h1,11H,6-10,14H2,2-4H3,(H,15,16). The fourth-order valence-electron chi connectivity index (χ4n) is 1.75. The van der Waals surface area contributed by atoms with E-state index in [2.05, 4.69) is 32.0 Å². The van der Waals surface area contributed by atoms with Gasteiger partial charge in [0.25, 0.3) is 0 Å². The van der Waals surface area contributed by atoms with Gasteiger partial charge in [-0.3, -0.25) is 4.79 Å². The topological polar surface area (TPSA) is 55.1 Å². The first-order valence-corrected chi connectivity index (χ1v) is 5.82. The molecule has 92 valence electrons. The molecule has 0 aliphatic heterocycles. The average Bonchev–Trinajstić information content (AvgIpc) is 2.19. The number of nitrogens with one attached hydrogen (secondary N) is 1. The molecule has 0 aromatic heterocycles. The molecule has 0 aromatic carbocycles. The van der Waals surface area contributed by atoms with E-state index >= 15 is 0 Å². The summed E-state index contributed by atoms with van der Waals surface area (Å²) in [7, 11) is 0. The molecule has 1 amide bonds. The first-order valence-electron chi connectivity index (χ1n) is 5.82. The van der Waals surface area contributed by atoms with Crippen molar-refractivity contribution in [2.24, 2.45) is 17.1 Å². The molecule has 0 bridgehead atoms. The van der Waals surface area contributed by atoms with Crippen molar-refractivity contribution in [2.75, 3.05) is 13.1 Å². The maximum atomic E-state index is 11.4. The van der Waals surface area contributed by atoms with E-state index in [0.29, 0.717) is 25.4 Å². The van der Waals surface area contributed by atoms with E-state index in [-0.39, 0.29) is 11.3 Å². The van der Waals surface area contributed by atoms with Crippen LogP contribution < -0.4 is 11.1 Å². The lowest BCUT2D eigenvalue weighted by atomic mass is 9.76. The van der Waals surface area contributed by atoms with Crippen molar-refractivity contribution >= 4 is 5.91 Å². The number of rotatable bonds is 6. The van der Waals surface area contributed by atoms with E-state index in [9.17, 15) is 4.79 Å². The van der Waals surface area contributed by atoms with Gasteiger partial charge >= 0.3 is 0 Å². The van der Waals surface area contributed by atoms with Crippen LogP contribution in [-0.4, -0.2) is 19.0 Å². The maximum Gasteiger partial charge on any atom is 0.220 e. The molecule has 1 unspecified atom stereocenters. The molecular formula is C13H24N2O. The van der Waals surface area contributed by atoms with Gasteiger partial charge in [-0.15, -0.1) is 6.42 Å². The molecule has 3 nitrogen and oxygen atoms in total. The molecule has 0 saturated heterocycles. The Morgan fingerprint density at radius 2 is 2.06 bits per heavy atom. The van der Waals surface area contributed by atoms with Crippen molar-refractivity contribution in [1.29, 1.82) is 0 Å². The Morgan fingerprint density at radius 3 is 2.50 bits per heavy atom. The zero-order valence-corrected chi connectivity index (χ0v) is 10.7. The second-order valence-electron chi connectivity index (χ2n) is 5.16. The smallest absolute Gasteiger partial charge is 0.220 e. The Kier molecular flexibility index (Phi) is 6.83. The van der Waals surface area contributed by atoms with E-state index in [1.807, 2.05) is 0 Å². The second-order valence-corrected chi connectivity index (χ2v) is 5.16. The number of carbonyl (C=O) groups is 1. The highest BCUT2D eigenvalue weighted by Gasteiger charge is 2.24. The van der Waals surface area contributed by atoms with Crippen molar-refractivity contribution in [3.8, 4) is 12.3 Å². The Morgan fingerprint density at radius 1 is 1.44 bits per heavy atom. The molecule has 0 aromatic rings. The van der Waals surface area contributed by atoms with Gasteiger partial charge in [-0.1, -0.05) is 26.7 Å². The van der Waals surface area contributed by atoms with Crippen LogP contribution in [0.1, 0.15) is 40.0 Å². The molecule has 0 rings (SSSR count). The van der Waals surface area contributed by atoms with Crippen molar-refractivity contribution in [3.63, 3.8) is 0 Å². The van der Waals surface area contributed by atoms with Crippen LogP contribution in [0.4, 0.5) is 0 Å². The minimum absolute atomic E-state index is 0.0317. The molecule has 0 radical (unpaired) electrons. The van der Waals surface area contributed by atoms with Crippen LogP contribution in [0.2, 0.25) is 0 Å². The van der Waals surface area contributed by atoms with Gasteiger partial charge in [-0.25, -0.2) is 0 Å². The van der Waals surface area contributed by atoms with Gasteiger partial charge in [0, 0.05) is 6.42 Å². The van der Waals surface area contributed by atoms with Crippen LogP contribution in [-0.2, 0) is 4.79 Å². The monoisotopic (exact) mass is 224 g/mol. The van der Waals surface area contributed by atoms with Crippen molar-refractivity contribution < 1.29 is 4.79 Å². The lowest BCUT2D eigenvalue weighted by molar-refractivity contribution is -0.121. The summed E-state index contributed by atoms with van der Waals surface area (Å²) in [5.41, 5.74) is 5.79. The van der Waals surface area contributed by atoms with Gasteiger partial charge in [-0.2, -0.15) is 0 Å². The number of hydrogen-bond acceptors (Lipinski definition) is 2.